The Morgan fingerprint density at radius 3 is 2.33 bits per heavy atom. The standard InChI is InChI=1S/C25H34ClNOSi2/c1-24-15-18-12-13-19(26)14-21(18)27(24)23(28)25(16-24,17-29(2,3)4)20-10-8-9-11-22(20)30(5,6)7/h8-14H,15-17H2,1-7H3/t24-,25+/m0/s1. The highest BCUT2D eigenvalue weighted by molar-refractivity contribution is 6.89. The van der Waals surface area contributed by atoms with E-state index in [0.717, 1.165) is 24.6 Å². The largest absolute Gasteiger partial charge is 0.305 e. The topological polar surface area (TPSA) is 20.3 Å². The number of hydrogen-bond acceptors (Lipinski definition) is 1. The third-order valence-electron chi connectivity index (χ3n) is 6.78. The molecule has 0 saturated carbocycles. The van der Waals surface area contributed by atoms with E-state index in [1.165, 1.54) is 16.3 Å². The van der Waals surface area contributed by atoms with Crippen LogP contribution in [0.1, 0.15) is 24.5 Å². The Kier molecular flexibility index (Phi) is 4.96. The summed E-state index contributed by atoms with van der Waals surface area (Å²) in [6, 6.07) is 15.9. The van der Waals surface area contributed by atoms with E-state index in [1.54, 1.807) is 0 Å². The Labute approximate surface area is 188 Å². The van der Waals surface area contributed by atoms with Crippen LogP contribution in [0.25, 0.3) is 0 Å². The number of anilines is 1. The van der Waals surface area contributed by atoms with Crippen LogP contribution in [0.2, 0.25) is 50.3 Å². The Bertz CT molecular complexity index is 1020. The number of carbonyl (C=O) groups excluding carboxylic acids is 1. The Hall–Kier alpha value is -1.37. The smallest absolute Gasteiger partial charge is 0.237 e. The van der Waals surface area contributed by atoms with Gasteiger partial charge in [-0.2, -0.15) is 0 Å². The lowest BCUT2D eigenvalue weighted by atomic mass is 9.75. The highest BCUT2D eigenvalue weighted by Crippen LogP contribution is 2.56. The van der Waals surface area contributed by atoms with Crippen LogP contribution in [-0.4, -0.2) is 27.6 Å². The maximum absolute atomic E-state index is 14.5. The second kappa shape index (κ2) is 6.81. The van der Waals surface area contributed by atoms with Crippen molar-refractivity contribution in [1.82, 2.24) is 0 Å². The van der Waals surface area contributed by atoms with E-state index in [-0.39, 0.29) is 5.54 Å². The molecule has 2 atom stereocenters. The molecule has 160 valence electrons. The van der Waals surface area contributed by atoms with Gasteiger partial charge < -0.3 is 4.90 Å². The molecule has 2 aliphatic rings. The summed E-state index contributed by atoms with van der Waals surface area (Å²) in [6.45, 7) is 16.7. The second-order valence-corrected chi connectivity index (χ2v) is 22.8. The number of carbonyl (C=O) groups is 1. The van der Waals surface area contributed by atoms with E-state index in [0.29, 0.717) is 10.9 Å². The van der Waals surface area contributed by atoms with Crippen LogP contribution >= 0.6 is 11.6 Å². The highest BCUT2D eigenvalue weighted by atomic mass is 35.5. The van der Waals surface area contributed by atoms with Crippen LogP contribution in [0.4, 0.5) is 5.69 Å². The molecule has 2 nitrogen and oxygen atoms in total. The highest BCUT2D eigenvalue weighted by Gasteiger charge is 2.62. The zero-order valence-electron chi connectivity index (χ0n) is 19.4. The van der Waals surface area contributed by atoms with Gasteiger partial charge in [-0.3, -0.25) is 4.79 Å². The predicted molar refractivity (Wildman–Crippen MR) is 135 cm³/mol. The molecule has 2 aromatic carbocycles. The molecule has 0 spiro atoms. The van der Waals surface area contributed by atoms with Gasteiger partial charge in [0.25, 0.3) is 0 Å². The average Bonchev–Trinajstić information content (AvgIpc) is 3.00. The molecule has 0 bridgehead atoms. The van der Waals surface area contributed by atoms with Crippen LogP contribution in [0.5, 0.6) is 0 Å². The van der Waals surface area contributed by atoms with Crippen molar-refractivity contribution >= 4 is 44.5 Å². The van der Waals surface area contributed by atoms with Gasteiger partial charge in [0.2, 0.25) is 5.91 Å². The molecule has 0 unspecified atom stereocenters. The first-order valence-electron chi connectivity index (χ1n) is 11.0. The molecule has 0 radical (unpaired) electrons. The summed E-state index contributed by atoms with van der Waals surface area (Å²) in [6.07, 6.45) is 1.80. The first kappa shape index (κ1) is 21.9. The number of amides is 1. The molecule has 1 amide bonds. The van der Waals surface area contributed by atoms with Crippen LogP contribution in [0.15, 0.2) is 42.5 Å². The summed E-state index contributed by atoms with van der Waals surface area (Å²) < 4.78 is 0. The van der Waals surface area contributed by atoms with Gasteiger partial charge in [0.05, 0.1) is 19.0 Å². The Morgan fingerprint density at radius 1 is 1.03 bits per heavy atom. The maximum Gasteiger partial charge on any atom is 0.237 e. The van der Waals surface area contributed by atoms with E-state index in [2.05, 4.69) is 81.4 Å². The van der Waals surface area contributed by atoms with Gasteiger partial charge >= 0.3 is 0 Å². The van der Waals surface area contributed by atoms with Crippen molar-refractivity contribution < 1.29 is 4.79 Å². The van der Waals surface area contributed by atoms with Crippen LogP contribution in [0.3, 0.4) is 0 Å². The minimum absolute atomic E-state index is 0.184. The number of nitrogens with zero attached hydrogens (tertiary/aromatic N) is 1. The molecule has 2 aliphatic heterocycles. The summed E-state index contributed by atoms with van der Waals surface area (Å²) in [5, 5.41) is 2.14. The lowest BCUT2D eigenvalue weighted by molar-refractivity contribution is -0.121. The minimum Gasteiger partial charge on any atom is -0.305 e. The normalized spacial score (nSPS) is 26.1. The van der Waals surface area contributed by atoms with Crippen LogP contribution in [-0.2, 0) is 16.6 Å². The Balaban J connectivity index is 1.95. The minimum atomic E-state index is -1.61. The second-order valence-electron chi connectivity index (χ2n) is 11.9. The van der Waals surface area contributed by atoms with E-state index in [9.17, 15) is 4.79 Å². The molecule has 0 aliphatic carbocycles. The fourth-order valence-electron chi connectivity index (χ4n) is 6.01. The molecular formula is C25H34ClNOSi2. The number of fused-ring (bicyclic) bond motifs is 3. The summed E-state index contributed by atoms with van der Waals surface area (Å²) in [7, 11) is -3.16. The summed E-state index contributed by atoms with van der Waals surface area (Å²) >= 11 is 6.36. The van der Waals surface area contributed by atoms with Crippen molar-refractivity contribution in [2.24, 2.45) is 0 Å². The molecule has 2 aromatic rings. The van der Waals surface area contributed by atoms with Gasteiger partial charge in [-0.25, -0.2) is 0 Å². The van der Waals surface area contributed by atoms with Crippen molar-refractivity contribution in [3.05, 3.63) is 58.6 Å². The van der Waals surface area contributed by atoms with E-state index < -0.39 is 21.6 Å². The molecule has 4 rings (SSSR count). The third kappa shape index (κ3) is 3.41. The number of benzene rings is 2. The fraction of sp³-hybridized carbons (Fsp3) is 0.480. The molecule has 0 aromatic heterocycles. The monoisotopic (exact) mass is 455 g/mol. The van der Waals surface area contributed by atoms with E-state index in [1.807, 2.05) is 12.1 Å². The number of halogens is 1. The van der Waals surface area contributed by atoms with Gasteiger partial charge in [-0.05, 0) is 49.1 Å². The van der Waals surface area contributed by atoms with E-state index in [4.69, 9.17) is 11.6 Å². The fourth-order valence-corrected chi connectivity index (χ4v) is 10.2. The molecule has 1 fully saturated rings. The number of hydrogen-bond donors (Lipinski definition) is 0. The van der Waals surface area contributed by atoms with Crippen molar-refractivity contribution in [2.45, 2.75) is 76.0 Å². The molecule has 2 heterocycles. The Morgan fingerprint density at radius 2 is 1.70 bits per heavy atom. The SMILES string of the molecule is C[C@@]12Cc3ccc(Cl)cc3N1C(=O)[C@](C[Si](C)(C)C)(c1ccccc1[Si](C)(C)C)C2. The average molecular weight is 456 g/mol. The van der Waals surface area contributed by atoms with E-state index >= 15 is 0 Å². The van der Waals surface area contributed by atoms with Gasteiger partial charge in [0.15, 0.2) is 0 Å². The zero-order valence-corrected chi connectivity index (χ0v) is 22.2. The maximum atomic E-state index is 14.5. The third-order valence-corrected chi connectivity index (χ3v) is 10.7. The van der Waals surface area contributed by atoms with Crippen LogP contribution < -0.4 is 10.1 Å². The molecular weight excluding hydrogens is 422 g/mol. The van der Waals surface area contributed by atoms with Gasteiger partial charge in [-0.1, -0.05) is 86.4 Å². The summed E-state index contributed by atoms with van der Waals surface area (Å²) in [5.74, 6) is 0.291. The first-order chi connectivity index (χ1) is 13.8. The first-order valence-corrected chi connectivity index (χ1v) is 18.6. The molecule has 1 saturated heterocycles. The van der Waals surface area contributed by atoms with Gasteiger partial charge in [0, 0.05) is 18.8 Å². The molecule has 5 heteroatoms. The zero-order chi connectivity index (χ0) is 22.1. The summed E-state index contributed by atoms with van der Waals surface area (Å²) in [4.78, 5) is 16.6. The quantitative estimate of drug-likeness (QED) is 0.501. The van der Waals surface area contributed by atoms with Crippen LogP contribution in [0, 0.1) is 0 Å². The van der Waals surface area contributed by atoms with Gasteiger partial charge in [0.1, 0.15) is 0 Å². The molecule has 0 N–H and O–H groups in total. The van der Waals surface area contributed by atoms with Crippen molar-refractivity contribution in [1.29, 1.82) is 0 Å². The van der Waals surface area contributed by atoms with Gasteiger partial charge in [-0.15, -0.1) is 0 Å². The van der Waals surface area contributed by atoms with Crippen molar-refractivity contribution in [3.8, 4) is 0 Å². The lowest BCUT2D eigenvalue weighted by Gasteiger charge is -2.37. The predicted octanol–water partition coefficient (Wildman–Crippen LogP) is 6.21. The number of rotatable bonds is 4. The van der Waals surface area contributed by atoms with Crippen molar-refractivity contribution in [3.63, 3.8) is 0 Å². The molecule has 30 heavy (non-hydrogen) atoms. The summed E-state index contributed by atoms with van der Waals surface area (Å²) in [5.41, 5.74) is 2.95. The van der Waals surface area contributed by atoms with Crippen molar-refractivity contribution in [2.75, 3.05) is 4.90 Å². The lowest BCUT2D eigenvalue weighted by Crippen LogP contribution is -2.50.